The van der Waals surface area contributed by atoms with Crippen molar-refractivity contribution in [2.75, 3.05) is 17.7 Å². The second kappa shape index (κ2) is 5.45. The number of hydrogen-bond donors (Lipinski definition) is 2. The lowest BCUT2D eigenvalue weighted by Gasteiger charge is -2.06. The van der Waals surface area contributed by atoms with Gasteiger partial charge >= 0.3 is 0 Å². The number of carbonyl (C=O) groups is 1. The molecule has 0 spiro atoms. The van der Waals surface area contributed by atoms with Crippen LogP contribution >= 0.6 is 27.3 Å². The van der Waals surface area contributed by atoms with E-state index in [-0.39, 0.29) is 5.91 Å². The zero-order chi connectivity index (χ0) is 13.1. The lowest BCUT2D eigenvalue weighted by Crippen LogP contribution is -2.12. The van der Waals surface area contributed by atoms with Crippen molar-refractivity contribution in [2.24, 2.45) is 0 Å². The Morgan fingerprint density at radius 1 is 1.39 bits per heavy atom. The van der Waals surface area contributed by atoms with Crippen LogP contribution in [0.5, 0.6) is 0 Å². The molecule has 2 aromatic rings. The van der Waals surface area contributed by atoms with Crippen LogP contribution in [0.25, 0.3) is 0 Å². The number of nitrogens with zero attached hydrogens (tertiary/aromatic N) is 2. The van der Waals surface area contributed by atoms with E-state index >= 15 is 0 Å². The lowest BCUT2D eigenvalue weighted by atomic mass is 10.2. The van der Waals surface area contributed by atoms with Gasteiger partial charge in [-0.1, -0.05) is 17.4 Å². The minimum atomic E-state index is -0.264. The number of hydrogen-bond acceptors (Lipinski definition) is 5. The number of amides is 1. The zero-order valence-electron chi connectivity index (χ0n) is 9.82. The fourth-order valence-electron chi connectivity index (χ4n) is 1.33. The number of nitrogens with one attached hydrogen (secondary N) is 2. The highest BCUT2D eigenvalue weighted by atomic mass is 79.9. The third-order valence-corrected chi connectivity index (χ3v) is 3.83. The first-order valence-electron chi connectivity index (χ1n) is 5.19. The number of aryl methyl sites for hydroxylation is 1. The van der Waals surface area contributed by atoms with Crippen molar-refractivity contribution in [3.63, 3.8) is 0 Å². The first kappa shape index (κ1) is 13.0. The molecule has 1 heterocycles. The molecule has 0 aliphatic carbocycles. The first-order valence-corrected chi connectivity index (χ1v) is 6.80. The maximum absolute atomic E-state index is 12.0. The second-order valence-corrected chi connectivity index (χ2v) is 5.43. The van der Waals surface area contributed by atoms with E-state index in [9.17, 15) is 4.79 Å². The lowest BCUT2D eigenvalue weighted by molar-refractivity contribution is 0.102. The predicted molar refractivity (Wildman–Crippen MR) is 76.3 cm³/mol. The Morgan fingerprint density at radius 2 is 2.17 bits per heavy atom. The van der Waals surface area contributed by atoms with E-state index in [1.165, 1.54) is 11.3 Å². The van der Waals surface area contributed by atoms with E-state index in [1.54, 1.807) is 7.05 Å². The molecule has 1 amide bonds. The number of halogens is 1. The molecule has 2 N–H and O–H groups in total. The van der Waals surface area contributed by atoms with Crippen LogP contribution in [0.1, 0.15) is 15.4 Å². The van der Waals surface area contributed by atoms with Crippen molar-refractivity contribution in [3.05, 3.63) is 33.2 Å². The van der Waals surface area contributed by atoms with Crippen molar-refractivity contribution < 1.29 is 4.79 Å². The maximum Gasteiger partial charge on any atom is 0.286 e. The van der Waals surface area contributed by atoms with E-state index in [2.05, 4.69) is 36.8 Å². The van der Waals surface area contributed by atoms with E-state index < -0.39 is 0 Å². The summed E-state index contributed by atoms with van der Waals surface area (Å²) >= 11 is 4.60. The van der Waals surface area contributed by atoms with Gasteiger partial charge in [0.15, 0.2) is 0 Å². The van der Waals surface area contributed by atoms with Gasteiger partial charge in [0, 0.05) is 11.5 Å². The van der Waals surface area contributed by atoms with E-state index in [0.29, 0.717) is 10.1 Å². The summed E-state index contributed by atoms with van der Waals surface area (Å²) in [6.07, 6.45) is 0. The van der Waals surface area contributed by atoms with Crippen molar-refractivity contribution >= 4 is 44.0 Å². The number of anilines is 2. The van der Waals surface area contributed by atoms with Gasteiger partial charge in [-0.05, 0) is 40.5 Å². The third kappa shape index (κ3) is 2.85. The summed E-state index contributed by atoms with van der Waals surface area (Å²) in [4.78, 5) is 12.0. The molecule has 0 bridgehead atoms. The van der Waals surface area contributed by atoms with Gasteiger partial charge in [0.05, 0.1) is 5.69 Å². The molecule has 0 unspecified atom stereocenters. The standard InChI is InChI=1S/C11H11BrN4OS/c1-6-3-4-7(12)8(5-6)14-9(17)10-15-16-11(13-2)18-10/h3-5H,1-2H3,(H,13,16)(H,14,17). The van der Waals surface area contributed by atoms with Crippen LogP contribution in [0.15, 0.2) is 22.7 Å². The molecule has 94 valence electrons. The van der Waals surface area contributed by atoms with Crippen LogP contribution in [0.2, 0.25) is 0 Å². The normalized spacial score (nSPS) is 10.2. The molecule has 0 aliphatic rings. The number of rotatable bonds is 3. The summed E-state index contributed by atoms with van der Waals surface area (Å²) in [5.41, 5.74) is 1.79. The summed E-state index contributed by atoms with van der Waals surface area (Å²) in [6, 6.07) is 5.75. The molecule has 2 rings (SSSR count). The van der Waals surface area contributed by atoms with Crippen LogP contribution in [0.3, 0.4) is 0 Å². The van der Waals surface area contributed by atoms with E-state index in [0.717, 1.165) is 15.7 Å². The summed E-state index contributed by atoms with van der Waals surface area (Å²) in [6.45, 7) is 1.96. The molecule has 0 saturated heterocycles. The SMILES string of the molecule is CNc1nnc(C(=O)Nc2cc(C)ccc2Br)s1. The highest BCUT2D eigenvalue weighted by Crippen LogP contribution is 2.24. The highest BCUT2D eigenvalue weighted by molar-refractivity contribution is 9.10. The molecule has 1 aromatic heterocycles. The number of carbonyl (C=O) groups excluding carboxylic acids is 1. The monoisotopic (exact) mass is 326 g/mol. The van der Waals surface area contributed by atoms with Crippen LogP contribution in [0.4, 0.5) is 10.8 Å². The zero-order valence-corrected chi connectivity index (χ0v) is 12.2. The van der Waals surface area contributed by atoms with E-state index in [1.807, 2.05) is 25.1 Å². The fraction of sp³-hybridized carbons (Fsp3) is 0.182. The molecule has 0 fully saturated rings. The van der Waals surface area contributed by atoms with Gasteiger partial charge in [-0.25, -0.2) is 0 Å². The molecule has 0 aliphatic heterocycles. The van der Waals surface area contributed by atoms with Crippen molar-refractivity contribution in [1.82, 2.24) is 10.2 Å². The molecule has 0 atom stereocenters. The smallest absolute Gasteiger partial charge is 0.286 e. The molecular formula is C11H11BrN4OS. The summed E-state index contributed by atoms with van der Waals surface area (Å²) < 4.78 is 0.833. The van der Waals surface area contributed by atoms with Crippen LogP contribution < -0.4 is 10.6 Å². The molecule has 1 aromatic carbocycles. The minimum absolute atomic E-state index is 0.264. The topological polar surface area (TPSA) is 66.9 Å². The van der Waals surface area contributed by atoms with Crippen LogP contribution in [-0.4, -0.2) is 23.2 Å². The first-order chi connectivity index (χ1) is 8.60. The Bertz CT molecular complexity index is 584. The minimum Gasteiger partial charge on any atom is -0.363 e. The predicted octanol–water partition coefficient (Wildman–Crippen LogP) is 2.90. The van der Waals surface area contributed by atoms with Gasteiger partial charge in [0.25, 0.3) is 5.91 Å². The molecule has 5 nitrogen and oxygen atoms in total. The highest BCUT2D eigenvalue weighted by Gasteiger charge is 2.13. The Labute approximate surface area is 117 Å². The van der Waals surface area contributed by atoms with Gasteiger partial charge < -0.3 is 10.6 Å². The van der Waals surface area contributed by atoms with E-state index in [4.69, 9.17) is 0 Å². The number of aromatic nitrogens is 2. The van der Waals surface area contributed by atoms with Gasteiger partial charge in [0.2, 0.25) is 10.1 Å². The van der Waals surface area contributed by atoms with Crippen molar-refractivity contribution in [1.29, 1.82) is 0 Å². The third-order valence-electron chi connectivity index (χ3n) is 2.20. The average molecular weight is 327 g/mol. The Hall–Kier alpha value is -1.47. The fourth-order valence-corrected chi connectivity index (χ4v) is 2.26. The summed E-state index contributed by atoms with van der Waals surface area (Å²) in [5, 5.41) is 14.2. The Kier molecular flexibility index (Phi) is 3.93. The number of benzene rings is 1. The summed E-state index contributed by atoms with van der Waals surface area (Å²) in [5.74, 6) is -0.264. The van der Waals surface area contributed by atoms with Crippen molar-refractivity contribution in [3.8, 4) is 0 Å². The average Bonchev–Trinajstić information content (AvgIpc) is 2.82. The van der Waals surface area contributed by atoms with Gasteiger partial charge in [-0.2, -0.15) is 0 Å². The maximum atomic E-state index is 12.0. The molecule has 0 radical (unpaired) electrons. The molecular weight excluding hydrogens is 316 g/mol. The quantitative estimate of drug-likeness (QED) is 0.910. The van der Waals surface area contributed by atoms with Gasteiger partial charge in [0.1, 0.15) is 0 Å². The van der Waals surface area contributed by atoms with Crippen LogP contribution in [-0.2, 0) is 0 Å². The van der Waals surface area contributed by atoms with Gasteiger partial charge in [-0.15, -0.1) is 10.2 Å². The Morgan fingerprint density at radius 3 is 2.83 bits per heavy atom. The largest absolute Gasteiger partial charge is 0.363 e. The Balaban J connectivity index is 2.18. The van der Waals surface area contributed by atoms with Crippen molar-refractivity contribution in [2.45, 2.75) is 6.92 Å². The summed E-state index contributed by atoms with van der Waals surface area (Å²) in [7, 11) is 1.74. The molecule has 7 heteroatoms. The second-order valence-electron chi connectivity index (χ2n) is 3.60. The van der Waals surface area contributed by atoms with Crippen LogP contribution in [0, 0.1) is 6.92 Å². The molecule has 0 saturated carbocycles. The van der Waals surface area contributed by atoms with Gasteiger partial charge in [-0.3, -0.25) is 4.79 Å². The molecule has 18 heavy (non-hydrogen) atoms.